The average molecular weight is 251 g/mol. The maximum atomic E-state index is 11.5. The Labute approximate surface area is 109 Å². The van der Waals surface area contributed by atoms with Crippen LogP contribution in [0.2, 0.25) is 0 Å². The van der Waals surface area contributed by atoms with Gasteiger partial charge in [-0.15, -0.1) is 0 Å². The third-order valence-corrected chi connectivity index (χ3v) is 3.07. The Morgan fingerprint density at radius 2 is 2.22 bits per heavy atom. The average Bonchev–Trinajstić information content (AvgIpc) is 2.34. The second-order valence-corrected chi connectivity index (χ2v) is 4.96. The number of aryl methyl sites for hydroxylation is 1. The summed E-state index contributed by atoms with van der Waals surface area (Å²) in [4.78, 5) is 15.3. The molecule has 18 heavy (non-hydrogen) atoms. The van der Waals surface area contributed by atoms with Crippen molar-refractivity contribution >= 4 is 0 Å². The predicted molar refractivity (Wildman–Crippen MR) is 74.8 cm³/mol. The highest BCUT2D eigenvalue weighted by molar-refractivity contribution is 4.99. The minimum atomic E-state index is -0.166. The largest absolute Gasteiger partial charge is 0.347 e. The second-order valence-electron chi connectivity index (χ2n) is 4.96. The molecule has 4 nitrogen and oxygen atoms in total. The van der Waals surface area contributed by atoms with Crippen LogP contribution in [0.4, 0.5) is 0 Å². The zero-order valence-corrected chi connectivity index (χ0v) is 11.8. The smallest absolute Gasteiger partial charge is 0.312 e. The Morgan fingerprint density at radius 3 is 2.94 bits per heavy atom. The van der Waals surface area contributed by atoms with Crippen molar-refractivity contribution in [1.29, 1.82) is 0 Å². The number of rotatable bonds is 8. The van der Waals surface area contributed by atoms with E-state index >= 15 is 0 Å². The monoisotopic (exact) mass is 251 g/mol. The Morgan fingerprint density at radius 1 is 1.44 bits per heavy atom. The normalized spacial score (nSPS) is 12.6. The van der Waals surface area contributed by atoms with Gasteiger partial charge < -0.3 is 5.32 Å². The summed E-state index contributed by atoms with van der Waals surface area (Å²) in [6.45, 7) is 7.87. The molecule has 1 atom stereocenters. The van der Waals surface area contributed by atoms with Crippen molar-refractivity contribution in [3.63, 3.8) is 0 Å². The van der Waals surface area contributed by atoms with Gasteiger partial charge >= 0.3 is 5.69 Å². The van der Waals surface area contributed by atoms with Crippen LogP contribution in [-0.4, -0.2) is 22.1 Å². The van der Waals surface area contributed by atoms with Gasteiger partial charge in [0.2, 0.25) is 0 Å². The molecule has 1 heterocycles. The molecule has 1 unspecified atom stereocenters. The number of unbranched alkanes of at least 4 members (excludes halogenated alkanes) is 2. The van der Waals surface area contributed by atoms with Crippen LogP contribution in [0.25, 0.3) is 0 Å². The lowest BCUT2D eigenvalue weighted by Crippen LogP contribution is -2.32. The molecule has 1 aromatic heterocycles. The van der Waals surface area contributed by atoms with Gasteiger partial charge in [0.15, 0.2) is 0 Å². The van der Waals surface area contributed by atoms with Crippen molar-refractivity contribution in [2.75, 3.05) is 6.54 Å². The van der Waals surface area contributed by atoms with Crippen LogP contribution < -0.4 is 11.0 Å². The van der Waals surface area contributed by atoms with E-state index in [-0.39, 0.29) is 5.69 Å². The van der Waals surface area contributed by atoms with Crippen molar-refractivity contribution < 1.29 is 0 Å². The first kappa shape index (κ1) is 14.9. The standard InChI is InChI=1S/C14H25N3O/c1-4-5-6-7-13(3)15-8-9-17-11-12(2)10-16-14(17)18/h10-11,13,15H,4-9H2,1-3H3. The number of hydrogen-bond donors (Lipinski definition) is 1. The molecule has 0 aliphatic rings. The molecule has 0 bridgehead atoms. The van der Waals surface area contributed by atoms with Crippen molar-refractivity contribution in [2.45, 2.75) is 59.0 Å². The lowest BCUT2D eigenvalue weighted by Gasteiger charge is -2.14. The summed E-state index contributed by atoms with van der Waals surface area (Å²) in [6.07, 6.45) is 8.51. The number of aromatic nitrogens is 2. The highest BCUT2D eigenvalue weighted by Gasteiger charge is 2.01. The van der Waals surface area contributed by atoms with E-state index in [1.54, 1.807) is 10.8 Å². The number of nitrogens with one attached hydrogen (secondary N) is 1. The minimum Gasteiger partial charge on any atom is -0.312 e. The zero-order chi connectivity index (χ0) is 13.4. The summed E-state index contributed by atoms with van der Waals surface area (Å²) in [6, 6.07) is 0.519. The molecule has 1 N–H and O–H groups in total. The molecule has 102 valence electrons. The van der Waals surface area contributed by atoms with Gasteiger partial charge in [-0.3, -0.25) is 4.57 Å². The van der Waals surface area contributed by atoms with Crippen LogP contribution in [0.15, 0.2) is 17.2 Å². The van der Waals surface area contributed by atoms with Gasteiger partial charge in [-0.05, 0) is 25.8 Å². The highest BCUT2D eigenvalue weighted by atomic mass is 16.1. The van der Waals surface area contributed by atoms with Gasteiger partial charge in [-0.2, -0.15) is 0 Å². The topological polar surface area (TPSA) is 46.9 Å². The summed E-state index contributed by atoms with van der Waals surface area (Å²) in [5.41, 5.74) is 0.853. The molecular weight excluding hydrogens is 226 g/mol. The first-order valence-corrected chi connectivity index (χ1v) is 6.90. The van der Waals surface area contributed by atoms with Gasteiger partial charge in [0.05, 0.1) is 0 Å². The van der Waals surface area contributed by atoms with E-state index < -0.39 is 0 Å². The molecule has 0 fully saturated rings. The minimum absolute atomic E-state index is 0.166. The molecule has 0 aliphatic carbocycles. The summed E-state index contributed by atoms with van der Waals surface area (Å²) < 4.78 is 1.67. The quantitative estimate of drug-likeness (QED) is 0.720. The van der Waals surface area contributed by atoms with E-state index in [1.165, 1.54) is 25.7 Å². The Kier molecular flexibility index (Phi) is 6.65. The van der Waals surface area contributed by atoms with E-state index in [2.05, 4.69) is 24.1 Å². The molecular formula is C14H25N3O. The third-order valence-electron chi connectivity index (χ3n) is 3.07. The fourth-order valence-corrected chi connectivity index (χ4v) is 1.96. The van der Waals surface area contributed by atoms with Crippen LogP contribution in [-0.2, 0) is 6.54 Å². The molecule has 0 aromatic carbocycles. The molecule has 0 aliphatic heterocycles. The van der Waals surface area contributed by atoms with E-state index in [1.807, 2.05) is 13.1 Å². The van der Waals surface area contributed by atoms with Crippen molar-refractivity contribution in [3.05, 3.63) is 28.4 Å². The number of nitrogens with zero attached hydrogens (tertiary/aromatic N) is 2. The first-order valence-electron chi connectivity index (χ1n) is 6.90. The fraction of sp³-hybridized carbons (Fsp3) is 0.714. The Hall–Kier alpha value is -1.16. The molecule has 0 saturated heterocycles. The Bertz CT molecular complexity index is 400. The molecule has 1 aromatic rings. The Balaban J connectivity index is 2.28. The van der Waals surface area contributed by atoms with Crippen LogP contribution in [0.1, 0.15) is 45.1 Å². The van der Waals surface area contributed by atoms with E-state index in [0.29, 0.717) is 12.6 Å². The van der Waals surface area contributed by atoms with Gasteiger partial charge in [0, 0.05) is 31.5 Å². The maximum Gasteiger partial charge on any atom is 0.347 e. The van der Waals surface area contributed by atoms with Crippen LogP contribution in [0.3, 0.4) is 0 Å². The van der Waals surface area contributed by atoms with Crippen LogP contribution >= 0.6 is 0 Å². The lowest BCUT2D eigenvalue weighted by atomic mass is 10.1. The van der Waals surface area contributed by atoms with Crippen molar-refractivity contribution in [1.82, 2.24) is 14.9 Å². The SMILES string of the molecule is CCCCCC(C)NCCn1cc(C)cnc1=O. The lowest BCUT2D eigenvalue weighted by molar-refractivity contribution is 0.465. The van der Waals surface area contributed by atoms with Gasteiger partial charge in [0.25, 0.3) is 0 Å². The molecule has 0 radical (unpaired) electrons. The molecule has 0 spiro atoms. The molecule has 1 rings (SSSR count). The van der Waals surface area contributed by atoms with Crippen LogP contribution in [0, 0.1) is 6.92 Å². The highest BCUT2D eigenvalue weighted by Crippen LogP contribution is 2.02. The van der Waals surface area contributed by atoms with Gasteiger partial charge in [-0.25, -0.2) is 9.78 Å². The molecule has 0 amide bonds. The summed E-state index contributed by atoms with van der Waals surface area (Å²) >= 11 is 0. The molecule has 4 heteroatoms. The summed E-state index contributed by atoms with van der Waals surface area (Å²) in [5, 5.41) is 3.45. The summed E-state index contributed by atoms with van der Waals surface area (Å²) in [5.74, 6) is 0. The second kappa shape index (κ2) is 8.03. The fourth-order valence-electron chi connectivity index (χ4n) is 1.96. The van der Waals surface area contributed by atoms with Gasteiger partial charge in [0.1, 0.15) is 0 Å². The predicted octanol–water partition coefficient (Wildman–Crippen LogP) is 2.11. The van der Waals surface area contributed by atoms with Crippen LogP contribution in [0.5, 0.6) is 0 Å². The van der Waals surface area contributed by atoms with E-state index in [9.17, 15) is 4.79 Å². The maximum absolute atomic E-state index is 11.5. The zero-order valence-electron chi connectivity index (χ0n) is 11.8. The first-order chi connectivity index (χ1) is 8.63. The van der Waals surface area contributed by atoms with Crippen molar-refractivity contribution in [3.8, 4) is 0 Å². The van der Waals surface area contributed by atoms with E-state index in [4.69, 9.17) is 0 Å². The van der Waals surface area contributed by atoms with E-state index in [0.717, 1.165) is 12.1 Å². The van der Waals surface area contributed by atoms with Crippen molar-refractivity contribution in [2.24, 2.45) is 0 Å². The molecule has 0 saturated carbocycles. The number of hydrogen-bond acceptors (Lipinski definition) is 3. The third kappa shape index (κ3) is 5.45. The van der Waals surface area contributed by atoms with Gasteiger partial charge in [-0.1, -0.05) is 26.2 Å². The summed E-state index contributed by atoms with van der Waals surface area (Å²) in [7, 11) is 0.